The fraction of sp³-hybridized carbons (Fsp3) is 0.269. The zero-order valence-corrected chi connectivity index (χ0v) is 19.2. The van der Waals surface area contributed by atoms with Crippen LogP contribution in [-0.4, -0.2) is 53.9 Å². The molecule has 9 heteroatoms. The molecule has 3 N–H and O–H groups in total. The second kappa shape index (κ2) is 10.8. The van der Waals surface area contributed by atoms with Gasteiger partial charge in [0.25, 0.3) is 0 Å². The number of amides is 3. The first-order valence-corrected chi connectivity index (χ1v) is 11.3. The predicted molar refractivity (Wildman–Crippen MR) is 128 cm³/mol. The highest BCUT2D eigenvalue weighted by molar-refractivity contribution is 5.99. The molecule has 2 aromatic carbocycles. The van der Waals surface area contributed by atoms with Crippen LogP contribution in [0.15, 0.2) is 66.7 Å². The molecule has 0 spiro atoms. The van der Waals surface area contributed by atoms with Crippen molar-refractivity contribution in [2.45, 2.75) is 37.4 Å². The first kappa shape index (κ1) is 23.9. The van der Waals surface area contributed by atoms with Crippen molar-refractivity contribution in [3.8, 4) is 0 Å². The maximum atomic E-state index is 12.7. The number of nitrogens with one attached hydrogen (secondary N) is 3. The topological polar surface area (TPSA) is 126 Å². The van der Waals surface area contributed by atoms with Gasteiger partial charge in [0, 0.05) is 23.9 Å². The fourth-order valence-electron chi connectivity index (χ4n) is 4.02. The lowest BCUT2D eigenvalue weighted by molar-refractivity contribution is -0.145. The molecular formula is C26H26N4O5. The van der Waals surface area contributed by atoms with E-state index < -0.39 is 35.9 Å². The van der Waals surface area contributed by atoms with Crippen molar-refractivity contribution in [1.82, 2.24) is 20.9 Å². The van der Waals surface area contributed by atoms with Crippen LogP contribution in [0.3, 0.4) is 0 Å². The summed E-state index contributed by atoms with van der Waals surface area (Å²) in [6, 6.07) is 17.8. The number of aromatic nitrogens is 1. The van der Waals surface area contributed by atoms with E-state index in [-0.39, 0.29) is 18.7 Å². The minimum atomic E-state index is -1.04. The molecular weight excluding hydrogens is 448 g/mol. The third-order valence-corrected chi connectivity index (χ3v) is 5.83. The number of benzene rings is 2. The highest BCUT2D eigenvalue weighted by Crippen LogP contribution is 2.14. The van der Waals surface area contributed by atoms with Gasteiger partial charge in [-0.3, -0.25) is 19.4 Å². The standard InChI is InChI=1S/C26H26N4O5/c1-35-26(34)22(14-18-12-11-17-9-5-6-10-19(17)27-18)28-23(31)15-21-25(33)29-20(24(32)30-21)13-16-7-3-2-4-8-16/h2-12,20-22H,13-15H2,1H3,(H,28,31)(H,29,33)(H,30,32)/t20-,21-,22+/m0/s1. The Morgan fingerprint density at radius 1 is 0.943 bits per heavy atom. The molecule has 3 atom stereocenters. The van der Waals surface area contributed by atoms with Gasteiger partial charge in [0.05, 0.1) is 19.0 Å². The number of carbonyl (C=O) groups is 4. The number of para-hydroxylation sites is 1. The Morgan fingerprint density at radius 2 is 1.63 bits per heavy atom. The second-order valence-electron chi connectivity index (χ2n) is 8.36. The van der Waals surface area contributed by atoms with Crippen LogP contribution in [0, 0.1) is 0 Å². The predicted octanol–water partition coefficient (Wildman–Crippen LogP) is 1.05. The quantitative estimate of drug-likeness (QED) is 0.419. The van der Waals surface area contributed by atoms with Gasteiger partial charge in [-0.15, -0.1) is 0 Å². The molecule has 35 heavy (non-hydrogen) atoms. The fourth-order valence-corrected chi connectivity index (χ4v) is 4.02. The first-order chi connectivity index (χ1) is 16.9. The summed E-state index contributed by atoms with van der Waals surface area (Å²) in [5.74, 6) is -2.01. The highest BCUT2D eigenvalue weighted by Gasteiger charge is 2.35. The molecule has 9 nitrogen and oxygen atoms in total. The molecule has 0 radical (unpaired) electrons. The number of pyridine rings is 1. The number of methoxy groups -OCH3 is 1. The van der Waals surface area contributed by atoms with E-state index in [1.165, 1.54) is 7.11 Å². The summed E-state index contributed by atoms with van der Waals surface area (Å²) in [6.45, 7) is 0. The Balaban J connectivity index is 1.37. The maximum absolute atomic E-state index is 12.7. The molecule has 1 fully saturated rings. The Bertz CT molecular complexity index is 1250. The molecule has 1 aliphatic heterocycles. The van der Waals surface area contributed by atoms with E-state index in [9.17, 15) is 19.2 Å². The molecule has 0 unspecified atom stereocenters. The van der Waals surface area contributed by atoms with Crippen molar-refractivity contribution in [1.29, 1.82) is 0 Å². The van der Waals surface area contributed by atoms with Gasteiger partial charge < -0.3 is 20.7 Å². The number of ether oxygens (including phenoxy) is 1. The van der Waals surface area contributed by atoms with E-state index in [2.05, 4.69) is 20.9 Å². The summed E-state index contributed by atoms with van der Waals surface area (Å²) in [4.78, 5) is 54.6. The maximum Gasteiger partial charge on any atom is 0.328 e. The van der Waals surface area contributed by atoms with Crippen molar-refractivity contribution in [3.63, 3.8) is 0 Å². The average molecular weight is 475 g/mol. The Labute approximate surface area is 202 Å². The van der Waals surface area contributed by atoms with Crippen molar-refractivity contribution in [2.24, 2.45) is 0 Å². The number of esters is 1. The summed E-state index contributed by atoms with van der Waals surface area (Å²) >= 11 is 0. The SMILES string of the molecule is COC(=O)[C@@H](Cc1ccc2ccccc2n1)NC(=O)C[C@@H]1NC(=O)[C@H](Cc2ccccc2)NC1=O. The van der Waals surface area contributed by atoms with E-state index >= 15 is 0 Å². The van der Waals surface area contributed by atoms with Crippen molar-refractivity contribution < 1.29 is 23.9 Å². The minimum absolute atomic E-state index is 0.117. The summed E-state index contributed by atoms with van der Waals surface area (Å²) in [5.41, 5.74) is 2.28. The van der Waals surface area contributed by atoms with Gasteiger partial charge in [0.15, 0.2) is 0 Å². The molecule has 0 saturated carbocycles. The zero-order chi connectivity index (χ0) is 24.8. The van der Waals surface area contributed by atoms with Gasteiger partial charge >= 0.3 is 5.97 Å². The number of carbonyl (C=O) groups excluding carboxylic acids is 4. The number of fused-ring (bicyclic) bond motifs is 1. The number of nitrogens with zero attached hydrogens (tertiary/aromatic N) is 1. The smallest absolute Gasteiger partial charge is 0.328 e. The lowest BCUT2D eigenvalue weighted by atomic mass is 10.0. The first-order valence-electron chi connectivity index (χ1n) is 11.3. The Kier molecular flexibility index (Phi) is 7.35. The van der Waals surface area contributed by atoms with Crippen LogP contribution in [0.1, 0.15) is 17.7 Å². The number of hydrogen-bond donors (Lipinski definition) is 3. The summed E-state index contributed by atoms with van der Waals surface area (Å²) in [7, 11) is 1.23. The number of piperazine rings is 1. The number of hydrogen-bond acceptors (Lipinski definition) is 6. The average Bonchev–Trinajstić information content (AvgIpc) is 2.86. The highest BCUT2D eigenvalue weighted by atomic mass is 16.5. The van der Waals surface area contributed by atoms with Crippen molar-refractivity contribution in [3.05, 3.63) is 78.0 Å². The van der Waals surface area contributed by atoms with Crippen LogP contribution in [0.5, 0.6) is 0 Å². The van der Waals surface area contributed by atoms with E-state index in [0.717, 1.165) is 16.5 Å². The van der Waals surface area contributed by atoms with E-state index in [1.807, 2.05) is 60.7 Å². The van der Waals surface area contributed by atoms with Crippen LogP contribution < -0.4 is 16.0 Å². The molecule has 0 aliphatic carbocycles. The molecule has 2 heterocycles. The van der Waals surface area contributed by atoms with Crippen LogP contribution in [0.25, 0.3) is 10.9 Å². The van der Waals surface area contributed by atoms with Gasteiger partial charge in [-0.1, -0.05) is 54.6 Å². The van der Waals surface area contributed by atoms with Gasteiger partial charge in [0.1, 0.15) is 18.1 Å². The third kappa shape index (κ3) is 6.00. The molecule has 1 saturated heterocycles. The lowest BCUT2D eigenvalue weighted by Gasteiger charge is -2.29. The van der Waals surface area contributed by atoms with E-state index in [0.29, 0.717) is 12.1 Å². The van der Waals surface area contributed by atoms with Gasteiger partial charge in [-0.2, -0.15) is 0 Å². The number of rotatable bonds is 8. The molecule has 3 aromatic rings. The monoisotopic (exact) mass is 474 g/mol. The zero-order valence-electron chi connectivity index (χ0n) is 19.2. The molecule has 1 aliphatic rings. The van der Waals surface area contributed by atoms with Crippen LogP contribution in [0.4, 0.5) is 0 Å². The lowest BCUT2D eigenvalue weighted by Crippen LogP contribution is -2.63. The normalized spacial score (nSPS) is 18.3. The van der Waals surface area contributed by atoms with Gasteiger partial charge in [-0.25, -0.2) is 4.79 Å². The van der Waals surface area contributed by atoms with Crippen LogP contribution in [0.2, 0.25) is 0 Å². The molecule has 0 bridgehead atoms. The molecule has 180 valence electrons. The molecule has 4 rings (SSSR count). The summed E-state index contributed by atoms with van der Waals surface area (Å²) in [6.07, 6.45) is 0.153. The minimum Gasteiger partial charge on any atom is -0.467 e. The van der Waals surface area contributed by atoms with Gasteiger partial charge in [-0.05, 0) is 17.7 Å². The van der Waals surface area contributed by atoms with E-state index in [4.69, 9.17) is 4.74 Å². The van der Waals surface area contributed by atoms with Crippen LogP contribution in [-0.2, 0) is 36.8 Å². The van der Waals surface area contributed by atoms with Crippen molar-refractivity contribution in [2.75, 3.05) is 7.11 Å². The summed E-state index contributed by atoms with van der Waals surface area (Å²) in [5, 5.41) is 8.87. The van der Waals surface area contributed by atoms with E-state index in [1.54, 1.807) is 6.07 Å². The van der Waals surface area contributed by atoms with Gasteiger partial charge in [0.2, 0.25) is 17.7 Å². The Hall–Kier alpha value is -4.27. The Morgan fingerprint density at radius 3 is 2.40 bits per heavy atom. The van der Waals surface area contributed by atoms with Crippen molar-refractivity contribution >= 4 is 34.6 Å². The van der Waals surface area contributed by atoms with Crippen LogP contribution >= 0.6 is 0 Å². The molecule has 1 aromatic heterocycles. The third-order valence-electron chi connectivity index (χ3n) is 5.83. The second-order valence-corrected chi connectivity index (χ2v) is 8.36. The molecule has 3 amide bonds. The largest absolute Gasteiger partial charge is 0.467 e. The summed E-state index contributed by atoms with van der Waals surface area (Å²) < 4.78 is 4.84.